The van der Waals surface area contributed by atoms with Gasteiger partial charge in [0.05, 0.1) is 12.9 Å². The Hall–Kier alpha value is -0.720. The Balaban J connectivity index is 2.21. The van der Waals surface area contributed by atoms with Crippen LogP contribution in [0.25, 0.3) is 0 Å². The van der Waals surface area contributed by atoms with E-state index < -0.39 is 0 Å². The monoisotopic (exact) mass is 136 g/mol. The smallest absolute Gasteiger partial charge is 0.0879 e. The molecule has 1 aliphatic heterocycles. The van der Waals surface area contributed by atoms with Gasteiger partial charge in [0.1, 0.15) is 0 Å². The van der Waals surface area contributed by atoms with Gasteiger partial charge in [-0.15, -0.1) is 0 Å². The summed E-state index contributed by atoms with van der Waals surface area (Å²) in [5.41, 5.74) is 1.40. The van der Waals surface area contributed by atoms with Crippen molar-refractivity contribution in [3.8, 4) is 0 Å². The molecule has 0 N–H and O–H groups in total. The predicted molar refractivity (Wildman–Crippen MR) is 40.5 cm³/mol. The van der Waals surface area contributed by atoms with E-state index in [2.05, 4.69) is 12.2 Å². The van der Waals surface area contributed by atoms with Crippen LogP contribution < -0.4 is 0 Å². The molecule has 10 heavy (non-hydrogen) atoms. The summed E-state index contributed by atoms with van der Waals surface area (Å²) in [6, 6.07) is 0. The summed E-state index contributed by atoms with van der Waals surface area (Å²) in [6.07, 6.45) is 10.2. The lowest BCUT2D eigenvalue weighted by molar-refractivity contribution is 0.198. The molecular formula is C9H12O. The van der Waals surface area contributed by atoms with Gasteiger partial charge < -0.3 is 4.74 Å². The zero-order valence-electron chi connectivity index (χ0n) is 6.05. The molecule has 2 aliphatic rings. The third kappa shape index (κ3) is 0.962. The molecule has 0 saturated carbocycles. The topological polar surface area (TPSA) is 9.23 Å². The lowest BCUT2D eigenvalue weighted by Gasteiger charge is -2.24. The van der Waals surface area contributed by atoms with Crippen molar-refractivity contribution in [2.45, 2.75) is 19.3 Å². The summed E-state index contributed by atoms with van der Waals surface area (Å²) >= 11 is 0. The van der Waals surface area contributed by atoms with Gasteiger partial charge >= 0.3 is 0 Å². The van der Waals surface area contributed by atoms with Gasteiger partial charge in [-0.25, -0.2) is 0 Å². The SMILES string of the molecule is C1=CC2=COCCC2CC1. The molecule has 2 rings (SSSR count). The molecule has 0 saturated heterocycles. The zero-order chi connectivity index (χ0) is 6.81. The first-order chi connectivity index (χ1) is 4.97. The molecule has 0 fully saturated rings. The van der Waals surface area contributed by atoms with E-state index in [1.807, 2.05) is 6.26 Å². The van der Waals surface area contributed by atoms with Gasteiger partial charge in [-0.05, 0) is 30.8 Å². The van der Waals surface area contributed by atoms with Crippen molar-refractivity contribution in [1.29, 1.82) is 0 Å². The second-order valence-electron chi connectivity index (χ2n) is 2.95. The number of rotatable bonds is 0. The number of allylic oxidation sites excluding steroid dienone is 3. The van der Waals surface area contributed by atoms with Crippen molar-refractivity contribution >= 4 is 0 Å². The van der Waals surface area contributed by atoms with Gasteiger partial charge in [-0.3, -0.25) is 0 Å². The van der Waals surface area contributed by atoms with Crippen LogP contribution in [0.1, 0.15) is 19.3 Å². The van der Waals surface area contributed by atoms with Crippen molar-refractivity contribution < 1.29 is 4.74 Å². The molecule has 1 heterocycles. The molecule has 1 unspecified atom stereocenters. The van der Waals surface area contributed by atoms with Crippen molar-refractivity contribution in [2.75, 3.05) is 6.61 Å². The summed E-state index contributed by atoms with van der Waals surface area (Å²) in [6.45, 7) is 0.919. The Kier molecular flexibility index (Phi) is 1.50. The Morgan fingerprint density at radius 2 is 2.40 bits per heavy atom. The Bertz CT molecular complexity index is 179. The third-order valence-corrected chi connectivity index (χ3v) is 2.27. The molecule has 0 spiro atoms. The van der Waals surface area contributed by atoms with E-state index in [0.29, 0.717) is 0 Å². The highest BCUT2D eigenvalue weighted by molar-refractivity contribution is 5.23. The van der Waals surface area contributed by atoms with E-state index in [9.17, 15) is 0 Å². The van der Waals surface area contributed by atoms with Crippen LogP contribution in [-0.2, 0) is 4.74 Å². The molecule has 1 aliphatic carbocycles. The molecule has 54 valence electrons. The van der Waals surface area contributed by atoms with Crippen LogP contribution in [0.3, 0.4) is 0 Å². The molecule has 1 nitrogen and oxygen atoms in total. The second kappa shape index (κ2) is 2.49. The van der Waals surface area contributed by atoms with Gasteiger partial charge in [-0.1, -0.05) is 12.2 Å². The maximum Gasteiger partial charge on any atom is 0.0879 e. The number of hydrogen-bond acceptors (Lipinski definition) is 1. The fourth-order valence-corrected chi connectivity index (χ4v) is 1.63. The van der Waals surface area contributed by atoms with Gasteiger partial charge in [0.15, 0.2) is 0 Å². The molecule has 0 bridgehead atoms. The van der Waals surface area contributed by atoms with Crippen molar-refractivity contribution in [3.05, 3.63) is 24.0 Å². The normalized spacial score (nSPS) is 30.4. The van der Waals surface area contributed by atoms with E-state index in [0.717, 1.165) is 12.5 Å². The minimum Gasteiger partial charge on any atom is -0.501 e. The lowest BCUT2D eigenvalue weighted by Crippen LogP contribution is -2.13. The molecule has 0 aromatic carbocycles. The minimum atomic E-state index is 0.804. The molecule has 0 radical (unpaired) electrons. The standard InChI is InChI=1S/C9H12O/c1-2-4-9-7-10-6-5-8(9)3-1/h2,4,7-8H,1,3,5-6H2. The second-order valence-corrected chi connectivity index (χ2v) is 2.95. The van der Waals surface area contributed by atoms with E-state index in [1.165, 1.54) is 24.8 Å². The molecular weight excluding hydrogens is 124 g/mol. The van der Waals surface area contributed by atoms with Crippen LogP contribution in [-0.4, -0.2) is 6.61 Å². The minimum absolute atomic E-state index is 0.804. The van der Waals surface area contributed by atoms with Gasteiger partial charge in [0, 0.05) is 0 Å². The summed E-state index contributed by atoms with van der Waals surface area (Å²) in [5, 5.41) is 0. The first-order valence-electron chi connectivity index (χ1n) is 3.95. The maximum atomic E-state index is 5.23. The summed E-state index contributed by atoms with van der Waals surface area (Å²) < 4.78 is 5.23. The first kappa shape index (κ1) is 6.02. The maximum absolute atomic E-state index is 5.23. The van der Waals surface area contributed by atoms with E-state index in [1.54, 1.807) is 0 Å². The Labute approximate surface area is 61.4 Å². The zero-order valence-corrected chi connectivity index (χ0v) is 6.05. The van der Waals surface area contributed by atoms with E-state index >= 15 is 0 Å². The van der Waals surface area contributed by atoms with Gasteiger partial charge in [0.25, 0.3) is 0 Å². The van der Waals surface area contributed by atoms with E-state index in [4.69, 9.17) is 4.74 Å². The lowest BCUT2D eigenvalue weighted by atomic mass is 9.87. The molecule has 1 atom stereocenters. The van der Waals surface area contributed by atoms with Crippen LogP contribution in [0.2, 0.25) is 0 Å². The van der Waals surface area contributed by atoms with E-state index in [-0.39, 0.29) is 0 Å². The molecule has 1 heteroatoms. The molecule has 0 aromatic heterocycles. The quantitative estimate of drug-likeness (QED) is 0.496. The third-order valence-electron chi connectivity index (χ3n) is 2.27. The Morgan fingerprint density at radius 1 is 1.40 bits per heavy atom. The average Bonchev–Trinajstić information content (AvgIpc) is 2.05. The number of fused-ring (bicyclic) bond motifs is 1. The highest BCUT2D eigenvalue weighted by atomic mass is 16.5. The van der Waals surface area contributed by atoms with Crippen LogP contribution >= 0.6 is 0 Å². The fourth-order valence-electron chi connectivity index (χ4n) is 1.63. The highest BCUT2D eigenvalue weighted by Crippen LogP contribution is 2.29. The van der Waals surface area contributed by atoms with Crippen LogP contribution in [0.15, 0.2) is 24.0 Å². The molecule has 0 amide bonds. The van der Waals surface area contributed by atoms with Gasteiger partial charge in [0.2, 0.25) is 0 Å². The summed E-state index contributed by atoms with van der Waals surface area (Å²) in [5.74, 6) is 0.804. The highest BCUT2D eigenvalue weighted by Gasteiger charge is 2.17. The van der Waals surface area contributed by atoms with Crippen LogP contribution in [0, 0.1) is 5.92 Å². The Morgan fingerprint density at radius 3 is 3.30 bits per heavy atom. The average molecular weight is 136 g/mol. The summed E-state index contributed by atoms with van der Waals surface area (Å²) in [4.78, 5) is 0. The van der Waals surface area contributed by atoms with Crippen LogP contribution in [0.5, 0.6) is 0 Å². The van der Waals surface area contributed by atoms with Crippen LogP contribution in [0.4, 0.5) is 0 Å². The van der Waals surface area contributed by atoms with Crippen molar-refractivity contribution in [2.24, 2.45) is 5.92 Å². The largest absolute Gasteiger partial charge is 0.501 e. The molecule has 0 aromatic rings. The van der Waals surface area contributed by atoms with Crippen molar-refractivity contribution in [1.82, 2.24) is 0 Å². The first-order valence-corrected chi connectivity index (χ1v) is 3.95. The van der Waals surface area contributed by atoms with Gasteiger partial charge in [-0.2, -0.15) is 0 Å². The number of hydrogen-bond donors (Lipinski definition) is 0. The fraction of sp³-hybridized carbons (Fsp3) is 0.556. The predicted octanol–water partition coefficient (Wildman–Crippen LogP) is 2.26. The summed E-state index contributed by atoms with van der Waals surface area (Å²) in [7, 11) is 0. The van der Waals surface area contributed by atoms with Crippen molar-refractivity contribution in [3.63, 3.8) is 0 Å². The number of ether oxygens (including phenoxy) is 1.